The van der Waals surface area contributed by atoms with Crippen molar-refractivity contribution >= 4 is 17.1 Å². The molecule has 0 heterocycles. The number of Topliss-reactive ketones (excluding diaryl/α,β-unsaturated/α-hetero) is 2. The first-order valence-electron chi connectivity index (χ1n) is 12.7. The van der Waals surface area contributed by atoms with E-state index in [-0.39, 0.29) is 28.7 Å². The Morgan fingerprint density at radius 3 is 2.29 bits per heavy atom. The summed E-state index contributed by atoms with van der Waals surface area (Å²) >= 11 is 0. The average Bonchev–Trinajstić information content (AvgIpc) is 2.80. The first-order chi connectivity index (χ1) is 16.0. The number of allylic oxidation sites excluding steroid dienone is 8. The van der Waals surface area contributed by atoms with Gasteiger partial charge in [-0.25, -0.2) is 0 Å². The first-order valence-corrected chi connectivity index (χ1v) is 12.7. The fourth-order valence-corrected chi connectivity index (χ4v) is 4.74. The van der Waals surface area contributed by atoms with Gasteiger partial charge in [0.2, 0.25) is 0 Å². The monoisotopic (exact) mass is 462 g/mol. The van der Waals surface area contributed by atoms with Crippen molar-refractivity contribution in [1.82, 2.24) is 0 Å². The molecule has 0 saturated heterocycles. The van der Waals surface area contributed by atoms with E-state index < -0.39 is 0 Å². The van der Waals surface area contributed by atoms with Gasteiger partial charge in [0.1, 0.15) is 5.76 Å². The van der Waals surface area contributed by atoms with Crippen LogP contribution in [-0.4, -0.2) is 16.7 Å². The van der Waals surface area contributed by atoms with Gasteiger partial charge in [-0.2, -0.15) is 0 Å². The van der Waals surface area contributed by atoms with Crippen LogP contribution in [0.3, 0.4) is 0 Å². The number of rotatable bonds is 6. The Bertz CT molecular complexity index is 1030. The zero-order valence-electron chi connectivity index (χ0n) is 22.3. The van der Waals surface area contributed by atoms with Gasteiger partial charge in [-0.05, 0) is 37.2 Å². The molecule has 1 aromatic rings. The third-order valence-electron chi connectivity index (χ3n) is 6.65. The zero-order chi connectivity index (χ0) is 25.6. The number of hydrogen-bond donors (Lipinski definition) is 1. The minimum atomic E-state index is -0.0440. The van der Waals surface area contributed by atoms with Crippen molar-refractivity contribution in [3.63, 3.8) is 0 Å². The normalized spacial score (nSPS) is 19.4. The van der Waals surface area contributed by atoms with Crippen molar-refractivity contribution in [2.24, 2.45) is 17.3 Å². The van der Waals surface area contributed by atoms with Crippen LogP contribution in [0, 0.1) is 17.3 Å². The van der Waals surface area contributed by atoms with Gasteiger partial charge in [0.05, 0.1) is 5.57 Å². The van der Waals surface area contributed by atoms with Gasteiger partial charge < -0.3 is 5.11 Å². The Hall–Kier alpha value is -2.68. The van der Waals surface area contributed by atoms with Crippen LogP contribution in [0.5, 0.6) is 0 Å². The summed E-state index contributed by atoms with van der Waals surface area (Å²) in [4.78, 5) is 25.6. The topological polar surface area (TPSA) is 54.4 Å². The lowest BCUT2D eigenvalue weighted by atomic mass is 9.71. The van der Waals surface area contributed by atoms with Crippen molar-refractivity contribution in [3.8, 4) is 0 Å². The van der Waals surface area contributed by atoms with Crippen LogP contribution in [0.25, 0.3) is 5.57 Å². The molecule has 3 nitrogen and oxygen atoms in total. The molecule has 0 saturated carbocycles. The van der Waals surface area contributed by atoms with E-state index in [1.54, 1.807) is 24.3 Å². The molecule has 0 aliphatic heterocycles. The van der Waals surface area contributed by atoms with Gasteiger partial charge in [0, 0.05) is 29.4 Å². The van der Waals surface area contributed by atoms with Crippen molar-refractivity contribution in [1.29, 1.82) is 0 Å². The molecule has 1 aromatic carbocycles. The predicted octanol–water partition coefficient (Wildman–Crippen LogP) is 8.44. The highest BCUT2D eigenvalue weighted by atomic mass is 16.3. The second-order valence-corrected chi connectivity index (χ2v) is 10.2. The van der Waals surface area contributed by atoms with E-state index in [0.717, 1.165) is 12.0 Å². The lowest BCUT2D eigenvalue weighted by molar-refractivity contribution is -0.114. The Balaban J connectivity index is 0.00000199. The number of carbonyl (C=O) groups is 2. The predicted molar refractivity (Wildman–Crippen MR) is 143 cm³/mol. The summed E-state index contributed by atoms with van der Waals surface area (Å²) in [6.07, 6.45) is 9.15. The maximum Gasteiger partial charge on any atom is 0.189 e. The molecule has 0 aromatic heterocycles. The van der Waals surface area contributed by atoms with E-state index in [4.69, 9.17) is 0 Å². The maximum atomic E-state index is 13.3. The van der Waals surface area contributed by atoms with Crippen LogP contribution in [-0.2, 0) is 4.79 Å². The lowest BCUT2D eigenvalue weighted by Gasteiger charge is -2.33. The summed E-state index contributed by atoms with van der Waals surface area (Å²) in [6.45, 7) is 17.1. The summed E-state index contributed by atoms with van der Waals surface area (Å²) in [6, 6.07) is 7.11. The summed E-state index contributed by atoms with van der Waals surface area (Å²) < 4.78 is 0. The van der Waals surface area contributed by atoms with Crippen LogP contribution in [0.4, 0.5) is 0 Å². The number of aliphatic hydroxyl groups is 1. The van der Waals surface area contributed by atoms with Crippen molar-refractivity contribution in [2.45, 2.75) is 81.1 Å². The molecule has 1 atom stereocenters. The quantitative estimate of drug-likeness (QED) is 0.341. The lowest BCUT2D eigenvalue weighted by Crippen LogP contribution is -2.22. The average molecular weight is 463 g/mol. The van der Waals surface area contributed by atoms with Crippen LogP contribution in [0.1, 0.15) is 97.0 Å². The number of carbonyl (C=O) groups excluding carboxylic acids is 2. The standard InChI is InChI=1S/C29H36O3.C2H6/c1-18(2)14-15-29(5,6)24-17-19(3)23(16-20(24)4)28(32)22-12-10-21(11-13-22)27-25(30)8-7-9-26(27)31;1-2/h10-16,18-19,30H,7-9,17H2,1-6H3;1-2H3/b15-14-;. The van der Waals surface area contributed by atoms with E-state index in [2.05, 4.69) is 59.8 Å². The molecule has 2 aliphatic rings. The highest BCUT2D eigenvalue weighted by Gasteiger charge is 2.30. The van der Waals surface area contributed by atoms with Gasteiger partial charge >= 0.3 is 0 Å². The second-order valence-electron chi connectivity index (χ2n) is 10.2. The van der Waals surface area contributed by atoms with Crippen molar-refractivity contribution < 1.29 is 14.7 Å². The Labute approximate surface area is 206 Å². The van der Waals surface area contributed by atoms with E-state index in [1.165, 1.54) is 11.1 Å². The minimum Gasteiger partial charge on any atom is -0.512 e. The van der Waals surface area contributed by atoms with Gasteiger partial charge in [-0.3, -0.25) is 9.59 Å². The largest absolute Gasteiger partial charge is 0.512 e. The molecule has 3 heteroatoms. The molecular weight excluding hydrogens is 420 g/mol. The first kappa shape index (κ1) is 27.6. The number of benzene rings is 1. The van der Waals surface area contributed by atoms with E-state index in [0.29, 0.717) is 41.9 Å². The number of ketones is 2. The fourth-order valence-electron chi connectivity index (χ4n) is 4.74. The highest BCUT2D eigenvalue weighted by Crippen LogP contribution is 2.41. The number of aliphatic hydroxyl groups excluding tert-OH is 1. The van der Waals surface area contributed by atoms with E-state index >= 15 is 0 Å². The van der Waals surface area contributed by atoms with Gasteiger partial charge in [-0.15, -0.1) is 0 Å². The Kier molecular flexibility index (Phi) is 9.44. The van der Waals surface area contributed by atoms with Crippen LogP contribution in [0.15, 0.2) is 65.0 Å². The second kappa shape index (κ2) is 11.6. The molecule has 2 aliphatic carbocycles. The number of hydrogen-bond acceptors (Lipinski definition) is 3. The molecule has 0 spiro atoms. The van der Waals surface area contributed by atoms with Gasteiger partial charge in [0.25, 0.3) is 0 Å². The molecule has 34 heavy (non-hydrogen) atoms. The Morgan fingerprint density at radius 1 is 1.12 bits per heavy atom. The maximum absolute atomic E-state index is 13.3. The summed E-state index contributed by atoms with van der Waals surface area (Å²) in [5.41, 5.74) is 5.05. The minimum absolute atomic E-state index is 0.0288. The molecule has 0 fully saturated rings. The SMILES string of the molecule is CC.CC1=C(C(C)(C)/C=C\C(C)C)CC(C)C(C(=O)c2ccc(C3=C(O)CCCC3=O)cc2)=C1. The zero-order valence-corrected chi connectivity index (χ0v) is 22.3. The van der Waals surface area contributed by atoms with Crippen LogP contribution in [0.2, 0.25) is 0 Å². The van der Waals surface area contributed by atoms with Crippen LogP contribution >= 0.6 is 0 Å². The van der Waals surface area contributed by atoms with E-state index in [9.17, 15) is 14.7 Å². The van der Waals surface area contributed by atoms with Crippen molar-refractivity contribution in [2.75, 3.05) is 0 Å². The van der Waals surface area contributed by atoms with Crippen molar-refractivity contribution in [3.05, 3.63) is 76.1 Å². The summed E-state index contributed by atoms with van der Waals surface area (Å²) in [5, 5.41) is 10.2. The summed E-state index contributed by atoms with van der Waals surface area (Å²) in [7, 11) is 0. The summed E-state index contributed by atoms with van der Waals surface area (Å²) in [5.74, 6) is 0.809. The van der Waals surface area contributed by atoms with Gasteiger partial charge in [-0.1, -0.05) is 102 Å². The molecule has 0 radical (unpaired) electrons. The molecule has 1 unspecified atom stereocenters. The molecule has 184 valence electrons. The molecule has 0 bridgehead atoms. The third-order valence-corrected chi connectivity index (χ3v) is 6.65. The Morgan fingerprint density at radius 2 is 1.74 bits per heavy atom. The van der Waals surface area contributed by atoms with E-state index in [1.807, 2.05) is 13.8 Å². The highest BCUT2D eigenvalue weighted by molar-refractivity contribution is 6.22. The fraction of sp³-hybridized carbons (Fsp3) is 0.484. The van der Waals surface area contributed by atoms with Gasteiger partial charge in [0.15, 0.2) is 11.6 Å². The molecule has 0 amide bonds. The molecule has 1 N–H and O–H groups in total. The molecule has 3 rings (SSSR count). The smallest absolute Gasteiger partial charge is 0.189 e. The molecular formula is C31H42O3. The van der Waals surface area contributed by atoms with Crippen LogP contribution < -0.4 is 0 Å². The third kappa shape index (κ3) is 6.25.